The number of nitrogens with zero attached hydrogens (tertiary/aromatic N) is 2. The van der Waals surface area contributed by atoms with E-state index in [9.17, 15) is 18.0 Å². The Hall–Kier alpha value is -2.17. The molecule has 0 spiro atoms. The van der Waals surface area contributed by atoms with Gasteiger partial charge in [-0.25, -0.2) is 0 Å². The Morgan fingerprint density at radius 3 is 2.70 bits per heavy atom. The minimum Gasteiger partial charge on any atom is -0.347 e. The quantitative estimate of drug-likeness (QED) is 0.521. The summed E-state index contributed by atoms with van der Waals surface area (Å²) in [6.45, 7) is 2.02. The molecule has 1 amide bonds. The smallest absolute Gasteiger partial charge is 0.347 e. The number of hydrogen-bond donors (Lipinski definition) is 2. The topological polar surface area (TPSA) is 72.9 Å². The Bertz CT molecular complexity index is 1040. The van der Waals surface area contributed by atoms with Crippen molar-refractivity contribution in [3.8, 4) is 11.3 Å². The van der Waals surface area contributed by atoms with E-state index in [0.29, 0.717) is 10.4 Å². The average Bonchev–Trinajstić information content (AvgIpc) is 3.22. The van der Waals surface area contributed by atoms with Crippen LogP contribution < -0.4 is 11.1 Å². The molecule has 0 aliphatic rings. The lowest BCUT2D eigenvalue weighted by atomic mass is 10.0. The third-order valence-electron chi connectivity index (χ3n) is 4.65. The normalized spacial score (nSPS) is 12.8. The second-order valence-electron chi connectivity index (χ2n) is 6.85. The van der Waals surface area contributed by atoms with E-state index in [-0.39, 0.29) is 18.9 Å². The second kappa shape index (κ2) is 8.91. The molecular formula is C20H20BrF3N4OS. The molecule has 3 aromatic rings. The highest BCUT2D eigenvalue weighted by molar-refractivity contribution is 9.10. The van der Waals surface area contributed by atoms with Crippen LogP contribution in [0, 0.1) is 6.92 Å². The van der Waals surface area contributed by atoms with Gasteiger partial charge in [-0.1, -0.05) is 18.2 Å². The van der Waals surface area contributed by atoms with Gasteiger partial charge >= 0.3 is 6.18 Å². The molecule has 5 nitrogen and oxygen atoms in total. The number of hydrogen-bond acceptors (Lipinski definition) is 4. The number of halogens is 4. The van der Waals surface area contributed by atoms with Crippen molar-refractivity contribution in [3.05, 3.63) is 61.9 Å². The molecule has 0 bridgehead atoms. The second-order valence-corrected chi connectivity index (χ2v) is 8.96. The summed E-state index contributed by atoms with van der Waals surface area (Å²) in [4.78, 5) is 14.2. The Kier molecular flexibility index (Phi) is 6.68. The Morgan fingerprint density at radius 1 is 1.37 bits per heavy atom. The van der Waals surface area contributed by atoms with Crippen LogP contribution in [0.25, 0.3) is 11.3 Å². The number of thiophene rings is 1. The third-order valence-corrected chi connectivity index (χ3v) is 6.28. The molecule has 160 valence electrons. The molecule has 0 saturated carbocycles. The van der Waals surface area contributed by atoms with Crippen LogP contribution in [0.15, 0.2) is 41.0 Å². The highest BCUT2D eigenvalue weighted by Crippen LogP contribution is 2.35. The van der Waals surface area contributed by atoms with Gasteiger partial charge in [0.25, 0.3) is 5.91 Å². The number of aryl methyl sites for hydroxylation is 2. The van der Waals surface area contributed by atoms with Crippen molar-refractivity contribution in [3.63, 3.8) is 0 Å². The van der Waals surface area contributed by atoms with E-state index < -0.39 is 17.8 Å². The molecule has 2 heterocycles. The van der Waals surface area contributed by atoms with E-state index in [1.165, 1.54) is 17.4 Å². The number of alkyl halides is 3. The lowest BCUT2D eigenvalue weighted by Gasteiger charge is -2.17. The van der Waals surface area contributed by atoms with Crippen molar-refractivity contribution in [1.29, 1.82) is 0 Å². The number of amides is 1. The fourth-order valence-corrected chi connectivity index (χ4v) is 4.64. The zero-order valence-electron chi connectivity index (χ0n) is 16.3. The van der Waals surface area contributed by atoms with Gasteiger partial charge in [0, 0.05) is 30.1 Å². The first-order valence-electron chi connectivity index (χ1n) is 9.05. The first-order chi connectivity index (χ1) is 14.1. The van der Waals surface area contributed by atoms with Crippen molar-refractivity contribution in [2.45, 2.75) is 25.6 Å². The molecule has 30 heavy (non-hydrogen) atoms. The van der Waals surface area contributed by atoms with Crippen LogP contribution in [-0.4, -0.2) is 28.3 Å². The minimum atomic E-state index is -4.41. The maximum absolute atomic E-state index is 12.9. The van der Waals surface area contributed by atoms with Crippen LogP contribution in [0.4, 0.5) is 13.2 Å². The van der Waals surface area contributed by atoms with Gasteiger partial charge in [0.05, 0.1) is 26.8 Å². The number of nitrogens with two attached hydrogens (primary N) is 1. The summed E-state index contributed by atoms with van der Waals surface area (Å²) < 4.78 is 41.3. The van der Waals surface area contributed by atoms with Crippen molar-refractivity contribution in [2.24, 2.45) is 12.8 Å². The van der Waals surface area contributed by atoms with Crippen LogP contribution in [-0.2, 0) is 19.6 Å². The van der Waals surface area contributed by atoms with Gasteiger partial charge in [-0.05, 0) is 47.0 Å². The fraction of sp³-hybridized carbons (Fsp3) is 0.300. The standard InChI is InChI=1S/C20H20BrF3N4OS/c1-11-15(18-16(21)10-26-28(18)2)8-17(30-11)19(29)27-14(9-25)7-12-4-3-5-13(6-12)20(22,23)24/h3-6,8,10,14H,7,9,25H2,1-2H3,(H,27,29)/t14-/m0/s1. The summed E-state index contributed by atoms with van der Waals surface area (Å²) in [5.41, 5.74) is 7.26. The Balaban J connectivity index is 1.76. The van der Waals surface area contributed by atoms with Gasteiger partial charge in [0.2, 0.25) is 0 Å². The van der Waals surface area contributed by atoms with E-state index >= 15 is 0 Å². The van der Waals surface area contributed by atoms with Gasteiger partial charge in [0.1, 0.15) is 0 Å². The molecule has 0 fully saturated rings. The molecule has 10 heteroatoms. The third kappa shape index (κ3) is 4.93. The number of rotatable bonds is 6. The highest BCUT2D eigenvalue weighted by Gasteiger charge is 2.30. The first kappa shape index (κ1) is 22.5. The molecule has 2 aromatic heterocycles. The zero-order valence-corrected chi connectivity index (χ0v) is 18.7. The fourth-order valence-electron chi connectivity index (χ4n) is 3.15. The van der Waals surface area contributed by atoms with Crippen molar-refractivity contribution in [1.82, 2.24) is 15.1 Å². The zero-order chi connectivity index (χ0) is 22.1. The molecule has 0 radical (unpaired) electrons. The van der Waals surface area contributed by atoms with Gasteiger partial charge in [-0.3, -0.25) is 9.48 Å². The van der Waals surface area contributed by atoms with E-state index in [1.54, 1.807) is 23.0 Å². The maximum Gasteiger partial charge on any atom is 0.416 e. The summed E-state index contributed by atoms with van der Waals surface area (Å²) in [5.74, 6) is -0.310. The first-order valence-corrected chi connectivity index (χ1v) is 10.7. The number of carbonyl (C=O) groups is 1. The number of carbonyl (C=O) groups excluding carboxylic acids is 1. The lowest BCUT2D eigenvalue weighted by molar-refractivity contribution is -0.137. The summed E-state index contributed by atoms with van der Waals surface area (Å²) in [5, 5.41) is 7.03. The van der Waals surface area contributed by atoms with E-state index in [2.05, 4.69) is 26.3 Å². The predicted octanol–water partition coefficient (Wildman–Crippen LogP) is 4.54. The highest BCUT2D eigenvalue weighted by atomic mass is 79.9. The lowest BCUT2D eigenvalue weighted by Crippen LogP contribution is -2.41. The number of benzene rings is 1. The van der Waals surface area contributed by atoms with Crippen molar-refractivity contribution < 1.29 is 18.0 Å². The van der Waals surface area contributed by atoms with Crippen molar-refractivity contribution in [2.75, 3.05) is 6.54 Å². The number of aromatic nitrogens is 2. The molecule has 0 aliphatic carbocycles. The van der Waals surface area contributed by atoms with E-state index in [0.717, 1.165) is 32.7 Å². The van der Waals surface area contributed by atoms with Gasteiger partial charge in [0.15, 0.2) is 0 Å². The molecule has 1 aromatic carbocycles. The SMILES string of the molecule is Cc1sc(C(=O)N[C@H](CN)Cc2cccc(C(F)(F)F)c2)cc1-c1c(Br)cnn1C. The molecule has 0 unspecified atom stereocenters. The summed E-state index contributed by atoms with van der Waals surface area (Å²) >= 11 is 4.81. The van der Waals surface area contributed by atoms with Crippen LogP contribution in [0.5, 0.6) is 0 Å². The molecular weight excluding hydrogens is 481 g/mol. The Labute approximate surface area is 184 Å². The van der Waals surface area contributed by atoms with Gasteiger partial charge in [-0.2, -0.15) is 18.3 Å². The van der Waals surface area contributed by atoms with Crippen LogP contribution in [0.1, 0.15) is 25.7 Å². The molecule has 0 aliphatic heterocycles. The maximum atomic E-state index is 12.9. The largest absolute Gasteiger partial charge is 0.416 e. The summed E-state index contributed by atoms with van der Waals surface area (Å²) in [7, 11) is 1.82. The molecule has 0 saturated heterocycles. The average molecular weight is 501 g/mol. The summed E-state index contributed by atoms with van der Waals surface area (Å²) in [6.07, 6.45) is -2.52. The predicted molar refractivity (Wildman–Crippen MR) is 114 cm³/mol. The van der Waals surface area contributed by atoms with Gasteiger partial charge < -0.3 is 11.1 Å². The van der Waals surface area contributed by atoms with Crippen LogP contribution in [0.3, 0.4) is 0 Å². The van der Waals surface area contributed by atoms with E-state index in [4.69, 9.17) is 5.73 Å². The molecule has 3 N–H and O–H groups in total. The van der Waals surface area contributed by atoms with Crippen LogP contribution >= 0.6 is 27.3 Å². The van der Waals surface area contributed by atoms with Gasteiger partial charge in [-0.15, -0.1) is 11.3 Å². The molecule has 3 rings (SSSR count). The van der Waals surface area contributed by atoms with Crippen LogP contribution in [0.2, 0.25) is 0 Å². The monoisotopic (exact) mass is 500 g/mol. The van der Waals surface area contributed by atoms with Crippen molar-refractivity contribution >= 4 is 33.2 Å². The van der Waals surface area contributed by atoms with E-state index in [1.807, 2.05) is 14.0 Å². The minimum absolute atomic E-state index is 0.104. The summed E-state index contributed by atoms with van der Waals surface area (Å²) in [6, 6.07) is 6.35. The molecule has 1 atom stereocenters. The number of nitrogens with one attached hydrogen (secondary N) is 1. The Morgan fingerprint density at radius 2 is 2.10 bits per heavy atom.